The van der Waals surface area contributed by atoms with E-state index in [0.29, 0.717) is 19.8 Å². The second-order valence-corrected chi connectivity index (χ2v) is 12.4. The molecular formula is C44H62N6O4. The van der Waals surface area contributed by atoms with Gasteiger partial charge in [0.05, 0.1) is 61.1 Å². The highest BCUT2D eigenvalue weighted by atomic mass is 16.5. The number of hydrogen-bond acceptors (Lipinski definition) is 8. The van der Waals surface area contributed by atoms with E-state index in [0.717, 1.165) is 97.1 Å². The number of methoxy groups -OCH3 is 1. The molecule has 0 saturated carbocycles. The summed E-state index contributed by atoms with van der Waals surface area (Å²) in [5.74, 6) is 3.25. The zero-order valence-corrected chi connectivity index (χ0v) is 35.6. The van der Waals surface area contributed by atoms with Crippen LogP contribution in [0.2, 0.25) is 0 Å². The molecule has 0 N–H and O–H groups in total. The fraction of sp³-hybridized carbons (Fsp3) is 0.455. The number of hydrogen-bond donors (Lipinski definition) is 0. The minimum Gasteiger partial charge on any atom is -0.494 e. The van der Waals surface area contributed by atoms with Crippen LogP contribution in [-0.2, 0) is 0 Å². The molecule has 2 aromatic carbocycles. The van der Waals surface area contributed by atoms with Crippen LogP contribution in [-0.4, -0.2) is 56.5 Å². The first-order chi connectivity index (χ1) is 26.0. The largest absolute Gasteiger partial charge is 0.494 e. The third-order valence-corrected chi connectivity index (χ3v) is 9.08. The lowest BCUT2D eigenvalue weighted by Crippen LogP contribution is -2.04. The molecule has 0 bridgehead atoms. The Morgan fingerprint density at radius 3 is 1.19 bits per heavy atom. The first-order valence-corrected chi connectivity index (χ1v) is 19.3. The summed E-state index contributed by atoms with van der Waals surface area (Å²) in [4.78, 5) is 0. The highest BCUT2D eigenvalue weighted by molar-refractivity contribution is 5.93. The summed E-state index contributed by atoms with van der Waals surface area (Å²) in [6.07, 6.45) is 0.978. The number of aryl methyl sites for hydroxylation is 8. The number of nitrogens with zero attached hydrogens (tertiary/aromatic N) is 6. The highest BCUT2D eigenvalue weighted by Crippen LogP contribution is 2.38. The zero-order chi connectivity index (χ0) is 40.3. The van der Waals surface area contributed by atoms with Gasteiger partial charge in [0, 0.05) is 56.5 Å². The molecule has 0 radical (unpaired) electrons. The molecule has 0 spiro atoms. The summed E-state index contributed by atoms with van der Waals surface area (Å²) in [7, 11) is 1.68. The quantitative estimate of drug-likeness (QED) is 0.137. The van der Waals surface area contributed by atoms with E-state index in [1.165, 1.54) is 10.8 Å². The van der Waals surface area contributed by atoms with Gasteiger partial charge in [-0.2, -0.15) is 20.4 Å². The number of rotatable bonds is 10. The van der Waals surface area contributed by atoms with Crippen molar-refractivity contribution in [2.75, 3.05) is 26.9 Å². The van der Waals surface area contributed by atoms with Crippen LogP contribution in [0.3, 0.4) is 0 Å². The lowest BCUT2D eigenvalue weighted by molar-refractivity contribution is 0.308. The van der Waals surface area contributed by atoms with Gasteiger partial charge < -0.3 is 28.1 Å². The third-order valence-electron chi connectivity index (χ3n) is 9.08. The summed E-state index contributed by atoms with van der Waals surface area (Å²) < 4.78 is 27.4. The highest BCUT2D eigenvalue weighted by Gasteiger charge is 2.21. The molecule has 6 aromatic rings. The van der Waals surface area contributed by atoms with Crippen molar-refractivity contribution < 1.29 is 18.9 Å². The molecule has 0 aliphatic rings. The number of ether oxygens (including phenoxy) is 4. The minimum atomic E-state index is 0.601. The minimum absolute atomic E-state index is 0.601. The van der Waals surface area contributed by atoms with Crippen LogP contribution in [0.5, 0.6) is 23.0 Å². The van der Waals surface area contributed by atoms with Gasteiger partial charge in [0.25, 0.3) is 0 Å². The molecule has 0 amide bonds. The summed E-state index contributed by atoms with van der Waals surface area (Å²) in [5.41, 5.74) is 10.4. The van der Waals surface area contributed by atoms with Gasteiger partial charge in [-0.15, -0.1) is 0 Å². The lowest BCUT2D eigenvalue weighted by Gasteiger charge is -2.16. The van der Waals surface area contributed by atoms with Gasteiger partial charge >= 0.3 is 0 Å². The molecule has 0 saturated heterocycles. The summed E-state index contributed by atoms with van der Waals surface area (Å²) in [6, 6.07) is 12.0. The zero-order valence-electron chi connectivity index (χ0n) is 35.6. The first kappa shape index (κ1) is 43.3. The monoisotopic (exact) mass is 738 g/mol. The van der Waals surface area contributed by atoms with Gasteiger partial charge in [0.15, 0.2) is 0 Å². The van der Waals surface area contributed by atoms with Crippen LogP contribution >= 0.6 is 0 Å². The van der Waals surface area contributed by atoms with Crippen LogP contribution in [0, 0.1) is 55.4 Å². The Balaban J connectivity index is 0.000000267. The van der Waals surface area contributed by atoms with Crippen molar-refractivity contribution in [3.8, 4) is 34.4 Å². The topological polar surface area (TPSA) is 98.3 Å². The van der Waals surface area contributed by atoms with Gasteiger partial charge in [-0.05, 0) is 99.9 Å². The molecule has 10 nitrogen and oxygen atoms in total. The Kier molecular flexibility index (Phi) is 15.9. The number of aromatic nitrogens is 6. The van der Waals surface area contributed by atoms with Crippen LogP contribution in [0.25, 0.3) is 32.9 Å². The predicted molar refractivity (Wildman–Crippen MR) is 223 cm³/mol. The van der Waals surface area contributed by atoms with Crippen LogP contribution < -0.4 is 18.9 Å². The van der Waals surface area contributed by atoms with Gasteiger partial charge in [0.1, 0.15) is 23.0 Å². The molecule has 0 fully saturated rings. The maximum Gasteiger partial charge on any atom is 0.146 e. The van der Waals surface area contributed by atoms with Crippen molar-refractivity contribution >= 4 is 21.5 Å². The van der Waals surface area contributed by atoms with E-state index in [1.54, 1.807) is 7.11 Å². The third kappa shape index (κ3) is 8.64. The molecule has 6 rings (SSSR count). The van der Waals surface area contributed by atoms with Crippen molar-refractivity contribution in [3.63, 3.8) is 0 Å². The maximum atomic E-state index is 5.95. The molecular weight excluding hydrogens is 677 g/mol. The van der Waals surface area contributed by atoms with E-state index in [2.05, 4.69) is 70.2 Å². The van der Waals surface area contributed by atoms with Gasteiger partial charge in [-0.3, -0.25) is 0 Å². The van der Waals surface area contributed by atoms with E-state index in [-0.39, 0.29) is 0 Å². The lowest BCUT2D eigenvalue weighted by atomic mass is 10.1. The molecule has 0 aliphatic carbocycles. The van der Waals surface area contributed by atoms with Crippen molar-refractivity contribution in [2.45, 2.75) is 110 Å². The molecule has 54 heavy (non-hydrogen) atoms. The normalized spacial score (nSPS) is 10.5. The van der Waals surface area contributed by atoms with Crippen molar-refractivity contribution in [3.05, 3.63) is 81.9 Å². The smallest absolute Gasteiger partial charge is 0.146 e. The Labute approximate surface area is 322 Å². The van der Waals surface area contributed by atoms with Crippen molar-refractivity contribution in [2.24, 2.45) is 0 Å². The van der Waals surface area contributed by atoms with Crippen LogP contribution in [0.15, 0.2) is 36.4 Å². The molecule has 0 unspecified atom stereocenters. The second kappa shape index (κ2) is 19.8. The van der Waals surface area contributed by atoms with E-state index in [1.807, 2.05) is 99.6 Å². The molecule has 0 atom stereocenters. The fourth-order valence-electron chi connectivity index (χ4n) is 7.03. The van der Waals surface area contributed by atoms with Crippen LogP contribution in [0.4, 0.5) is 0 Å². The molecule has 292 valence electrons. The molecule has 4 aromatic heterocycles. The van der Waals surface area contributed by atoms with Crippen LogP contribution in [0.1, 0.15) is 100 Å². The summed E-state index contributed by atoms with van der Waals surface area (Å²) in [5, 5.41) is 21.8. The Morgan fingerprint density at radius 1 is 0.481 bits per heavy atom. The van der Waals surface area contributed by atoms with Gasteiger partial charge in [-0.1, -0.05) is 34.6 Å². The maximum absolute atomic E-state index is 5.95. The van der Waals surface area contributed by atoms with E-state index in [4.69, 9.17) is 18.9 Å². The molecule has 4 heterocycles. The SMILES string of the molecule is CC.CC.CCCOc1ccc(-n2c(C)c3c(C)nnc(C)c3c2C)c(OCC)c1.CCOc1ccc(-n2c(C)c3c(C)nnc(C)c3c2C)c(OC)c1. The van der Waals surface area contributed by atoms with E-state index < -0.39 is 0 Å². The Morgan fingerprint density at radius 2 is 0.833 bits per heavy atom. The summed E-state index contributed by atoms with van der Waals surface area (Å²) in [6.45, 7) is 32.5. The molecule has 0 aliphatic heterocycles. The average molecular weight is 739 g/mol. The standard InChI is InChI=1S/C21H27N3O2.C19H23N3O2.2C2H6/c1-7-11-26-17-9-10-18(19(12-17)25-8-2)24-15(5)20-13(3)22-23-14(4)21(20)16(24)6;1-7-24-15-8-9-16(17(10-15)23-6)22-13(4)18-11(2)20-21-12(3)19(18)14(22)5;2*1-2/h9-10,12H,7-8,11H2,1-6H3;8-10H,7H2,1-6H3;2*1-2H3. The predicted octanol–water partition coefficient (Wildman–Crippen LogP) is 11.0. The first-order valence-electron chi connectivity index (χ1n) is 19.3. The van der Waals surface area contributed by atoms with E-state index in [9.17, 15) is 0 Å². The average Bonchev–Trinajstić information content (AvgIpc) is 3.61. The van der Waals surface area contributed by atoms with Gasteiger partial charge in [0.2, 0.25) is 0 Å². The summed E-state index contributed by atoms with van der Waals surface area (Å²) >= 11 is 0. The fourth-order valence-corrected chi connectivity index (χ4v) is 7.03. The van der Waals surface area contributed by atoms with Crippen molar-refractivity contribution in [1.82, 2.24) is 29.5 Å². The van der Waals surface area contributed by atoms with Crippen molar-refractivity contribution in [1.29, 1.82) is 0 Å². The van der Waals surface area contributed by atoms with E-state index >= 15 is 0 Å². The second-order valence-electron chi connectivity index (χ2n) is 12.4. The van der Waals surface area contributed by atoms with Gasteiger partial charge in [-0.25, -0.2) is 0 Å². The molecule has 10 heteroatoms. The Hall–Kier alpha value is -5.12. The number of benzene rings is 2. The number of fused-ring (bicyclic) bond motifs is 2. The Bertz CT molecular complexity index is 2080.